The van der Waals surface area contributed by atoms with E-state index in [1.807, 2.05) is 0 Å². The van der Waals surface area contributed by atoms with Gasteiger partial charge in [-0.25, -0.2) is 13.1 Å². The monoisotopic (exact) mass is 311 g/mol. The van der Waals surface area contributed by atoms with E-state index in [-0.39, 0.29) is 18.9 Å². The number of hydrogen-bond donors (Lipinski definition) is 2. The molecule has 0 saturated carbocycles. The fourth-order valence-corrected chi connectivity index (χ4v) is 2.72. The second-order valence-corrected chi connectivity index (χ2v) is 6.31. The molecule has 0 amide bonds. The number of ether oxygens (including phenoxy) is 1. The molecule has 0 bridgehead atoms. The van der Waals surface area contributed by atoms with E-state index in [1.165, 1.54) is 0 Å². The molecule has 3 N–H and O–H groups in total. The van der Waals surface area contributed by atoms with Gasteiger partial charge < -0.3 is 15.0 Å². The lowest BCUT2D eigenvalue weighted by atomic mass is 10.3. The highest BCUT2D eigenvalue weighted by Gasteiger charge is 2.13. The van der Waals surface area contributed by atoms with E-state index in [0.717, 1.165) is 0 Å². The quantitative estimate of drug-likeness (QED) is 0.585. The van der Waals surface area contributed by atoms with Crippen molar-refractivity contribution in [3.8, 4) is 5.75 Å². The topological polar surface area (TPSA) is 107 Å². The minimum absolute atomic E-state index is 0.161. The number of nitrogen functional groups attached to an aromatic ring is 1. The zero-order valence-electron chi connectivity index (χ0n) is 11.6. The number of benzene rings is 1. The summed E-state index contributed by atoms with van der Waals surface area (Å²) in [6.07, 6.45) is 0. The van der Waals surface area contributed by atoms with Crippen molar-refractivity contribution in [2.45, 2.75) is 12.7 Å². The van der Waals surface area contributed by atoms with Crippen LogP contribution in [0.25, 0.3) is 0 Å². The fraction of sp³-hybridized carbons (Fsp3) is 0.308. The Morgan fingerprint density at radius 2 is 2.19 bits per heavy atom. The molecule has 2 aromatic rings. The van der Waals surface area contributed by atoms with Crippen LogP contribution in [0, 0.1) is 6.92 Å². The molecule has 21 heavy (non-hydrogen) atoms. The van der Waals surface area contributed by atoms with Gasteiger partial charge in [-0.1, -0.05) is 11.2 Å². The van der Waals surface area contributed by atoms with Crippen molar-refractivity contribution in [3.05, 3.63) is 41.8 Å². The third kappa shape index (κ3) is 5.09. The number of rotatable bonds is 7. The average Bonchev–Trinajstić information content (AvgIpc) is 2.79. The zero-order valence-corrected chi connectivity index (χ0v) is 12.4. The van der Waals surface area contributed by atoms with E-state index in [1.54, 1.807) is 37.3 Å². The molecule has 0 atom stereocenters. The lowest BCUT2D eigenvalue weighted by molar-refractivity contribution is 0.323. The number of aromatic nitrogens is 1. The van der Waals surface area contributed by atoms with Crippen LogP contribution in [0.15, 0.2) is 34.9 Å². The average molecular weight is 311 g/mol. The number of aryl methyl sites for hydroxylation is 1. The first kappa shape index (κ1) is 15.3. The third-order valence-electron chi connectivity index (χ3n) is 2.57. The Hall–Kier alpha value is -2.06. The normalized spacial score (nSPS) is 11.5. The molecule has 7 nitrogen and oxygen atoms in total. The van der Waals surface area contributed by atoms with Crippen LogP contribution in [0.2, 0.25) is 0 Å². The number of nitrogens with two attached hydrogens (primary N) is 1. The first-order chi connectivity index (χ1) is 9.94. The van der Waals surface area contributed by atoms with Crippen molar-refractivity contribution in [2.75, 3.05) is 18.9 Å². The van der Waals surface area contributed by atoms with E-state index >= 15 is 0 Å². The second kappa shape index (κ2) is 6.59. The lowest BCUT2D eigenvalue weighted by Crippen LogP contribution is -2.29. The Morgan fingerprint density at radius 3 is 2.86 bits per heavy atom. The lowest BCUT2D eigenvalue weighted by Gasteiger charge is -2.08. The summed E-state index contributed by atoms with van der Waals surface area (Å²) in [6.45, 7) is 2.07. The second-order valence-electron chi connectivity index (χ2n) is 4.50. The van der Waals surface area contributed by atoms with E-state index in [0.29, 0.717) is 22.9 Å². The maximum absolute atomic E-state index is 11.8. The molecule has 0 aliphatic heterocycles. The summed E-state index contributed by atoms with van der Waals surface area (Å²) in [6, 6.07) is 8.52. The third-order valence-corrected chi connectivity index (χ3v) is 3.89. The Morgan fingerprint density at radius 1 is 1.38 bits per heavy atom. The number of nitrogens with one attached hydrogen (secondary N) is 1. The molecule has 8 heteroatoms. The van der Waals surface area contributed by atoms with Crippen molar-refractivity contribution in [1.29, 1.82) is 0 Å². The van der Waals surface area contributed by atoms with E-state index in [9.17, 15) is 8.42 Å². The molecule has 1 aromatic heterocycles. The molecule has 2 rings (SSSR count). The zero-order chi connectivity index (χ0) is 15.3. The molecule has 0 aliphatic rings. The standard InChI is InChI=1S/C13H17N3O4S/c1-10-7-12(16-20-10)9-21(17,18)15-5-6-19-13-4-2-3-11(14)8-13/h2-4,7-8,15H,5-6,9,14H2,1H3. The molecule has 0 saturated heterocycles. The van der Waals surface area contributed by atoms with Gasteiger partial charge in [-0.2, -0.15) is 0 Å². The van der Waals surface area contributed by atoms with Crippen LogP contribution in [0.4, 0.5) is 5.69 Å². The molecule has 0 aliphatic carbocycles. The molecule has 0 fully saturated rings. The summed E-state index contributed by atoms with van der Waals surface area (Å²) < 4.78 is 36.3. The van der Waals surface area contributed by atoms with Gasteiger partial charge >= 0.3 is 0 Å². The van der Waals surface area contributed by atoms with Gasteiger partial charge in [-0.05, 0) is 19.1 Å². The van der Waals surface area contributed by atoms with Crippen LogP contribution < -0.4 is 15.2 Å². The van der Waals surface area contributed by atoms with E-state index in [2.05, 4.69) is 9.88 Å². The summed E-state index contributed by atoms with van der Waals surface area (Å²) in [4.78, 5) is 0. The predicted molar refractivity (Wildman–Crippen MR) is 78.2 cm³/mol. The highest BCUT2D eigenvalue weighted by molar-refractivity contribution is 7.88. The van der Waals surface area contributed by atoms with Crippen molar-refractivity contribution in [3.63, 3.8) is 0 Å². The van der Waals surface area contributed by atoms with Gasteiger partial charge in [0.25, 0.3) is 0 Å². The van der Waals surface area contributed by atoms with Crippen molar-refractivity contribution in [2.24, 2.45) is 0 Å². The Balaban J connectivity index is 1.77. The molecule has 0 unspecified atom stereocenters. The largest absolute Gasteiger partial charge is 0.492 e. The number of hydrogen-bond acceptors (Lipinski definition) is 6. The first-order valence-corrected chi connectivity index (χ1v) is 7.98. The van der Waals surface area contributed by atoms with Gasteiger partial charge in [0.05, 0.1) is 0 Å². The number of nitrogens with zero attached hydrogens (tertiary/aromatic N) is 1. The summed E-state index contributed by atoms with van der Waals surface area (Å²) >= 11 is 0. The minimum atomic E-state index is -3.46. The summed E-state index contributed by atoms with van der Waals surface area (Å²) in [5.41, 5.74) is 6.58. The molecule has 1 heterocycles. The van der Waals surface area contributed by atoms with E-state index in [4.69, 9.17) is 15.0 Å². The smallest absolute Gasteiger partial charge is 0.217 e. The minimum Gasteiger partial charge on any atom is -0.492 e. The Bertz CT molecular complexity index is 697. The van der Waals surface area contributed by atoms with Crippen LogP contribution in [0.3, 0.4) is 0 Å². The van der Waals surface area contributed by atoms with Crippen LogP contribution in [0.1, 0.15) is 11.5 Å². The summed E-state index contributed by atoms with van der Waals surface area (Å²) in [5.74, 6) is 0.953. The van der Waals surface area contributed by atoms with E-state index < -0.39 is 10.0 Å². The van der Waals surface area contributed by atoms with Gasteiger partial charge in [0.1, 0.15) is 29.6 Å². The van der Waals surface area contributed by atoms with Gasteiger partial charge in [0.2, 0.25) is 10.0 Å². The molecular formula is C13H17N3O4S. The van der Waals surface area contributed by atoms with Crippen molar-refractivity contribution >= 4 is 15.7 Å². The Labute approximate surface area is 123 Å². The summed E-state index contributed by atoms with van der Waals surface area (Å²) in [7, 11) is -3.46. The molecule has 1 aromatic carbocycles. The molecular weight excluding hydrogens is 294 g/mol. The van der Waals surface area contributed by atoms with Crippen LogP contribution in [-0.4, -0.2) is 26.7 Å². The molecule has 114 valence electrons. The van der Waals surface area contributed by atoms with Crippen LogP contribution in [-0.2, 0) is 15.8 Å². The molecule has 0 spiro atoms. The summed E-state index contributed by atoms with van der Waals surface area (Å²) in [5, 5.41) is 3.65. The SMILES string of the molecule is Cc1cc(CS(=O)(=O)NCCOc2cccc(N)c2)no1. The number of anilines is 1. The highest BCUT2D eigenvalue weighted by Crippen LogP contribution is 2.14. The molecule has 0 radical (unpaired) electrons. The maximum atomic E-state index is 11.8. The first-order valence-electron chi connectivity index (χ1n) is 6.32. The van der Waals surface area contributed by atoms with Gasteiger partial charge in [-0.15, -0.1) is 0 Å². The van der Waals surface area contributed by atoms with Gasteiger partial charge in [-0.3, -0.25) is 0 Å². The predicted octanol–water partition coefficient (Wildman–Crippen LogP) is 1.06. The number of sulfonamides is 1. The van der Waals surface area contributed by atoms with Crippen LogP contribution in [0.5, 0.6) is 5.75 Å². The Kier molecular flexibility index (Phi) is 4.81. The van der Waals surface area contributed by atoms with Crippen molar-refractivity contribution in [1.82, 2.24) is 9.88 Å². The van der Waals surface area contributed by atoms with Gasteiger partial charge in [0.15, 0.2) is 0 Å². The fourth-order valence-electron chi connectivity index (χ4n) is 1.70. The highest BCUT2D eigenvalue weighted by atomic mass is 32.2. The van der Waals surface area contributed by atoms with Crippen molar-refractivity contribution < 1.29 is 17.7 Å². The maximum Gasteiger partial charge on any atom is 0.217 e. The van der Waals surface area contributed by atoms with Crippen LogP contribution >= 0.6 is 0 Å². The van der Waals surface area contributed by atoms with Gasteiger partial charge in [0, 0.05) is 24.4 Å².